The summed E-state index contributed by atoms with van der Waals surface area (Å²) in [7, 11) is -4.53. The smallest absolute Gasteiger partial charge is 0.345 e. The normalized spacial score (nSPS) is 14.1. The predicted molar refractivity (Wildman–Crippen MR) is 84.4 cm³/mol. The summed E-state index contributed by atoms with van der Waals surface area (Å²) in [6, 6.07) is 8.10. The van der Waals surface area contributed by atoms with E-state index in [-0.39, 0.29) is 19.4 Å². The molecule has 0 aliphatic heterocycles. The van der Waals surface area contributed by atoms with E-state index in [1.807, 2.05) is 30.3 Å². The molecule has 124 valence electrons. The first-order valence-electron chi connectivity index (χ1n) is 7.28. The minimum absolute atomic E-state index is 0.165. The lowest BCUT2D eigenvalue weighted by molar-refractivity contribution is -0.144. The van der Waals surface area contributed by atoms with Crippen LogP contribution in [0.1, 0.15) is 39.2 Å². The van der Waals surface area contributed by atoms with Crippen LogP contribution in [-0.2, 0) is 15.9 Å². The maximum absolute atomic E-state index is 12.1. The van der Waals surface area contributed by atoms with Crippen molar-refractivity contribution in [3.63, 3.8) is 0 Å². The molecule has 0 heterocycles. The molecule has 0 aromatic heterocycles. The molecular weight excluding hydrogens is 305 g/mol. The number of aliphatic carboxylic acids is 1. The Balaban J connectivity index is 3.35. The van der Waals surface area contributed by atoms with Gasteiger partial charge in [-0.2, -0.15) is 0 Å². The number of carbonyl (C=O) groups is 1. The second-order valence-corrected chi connectivity index (χ2v) is 7.28. The molecule has 1 aromatic rings. The molecule has 6 nitrogen and oxygen atoms in total. The van der Waals surface area contributed by atoms with Gasteiger partial charge in [-0.25, -0.2) is 0 Å². The monoisotopic (exact) mass is 329 g/mol. The highest BCUT2D eigenvalue weighted by Gasteiger charge is 2.51. The first-order chi connectivity index (χ1) is 10.2. The molecule has 0 aliphatic rings. The van der Waals surface area contributed by atoms with E-state index in [0.29, 0.717) is 0 Å². The van der Waals surface area contributed by atoms with Crippen LogP contribution >= 0.6 is 7.60 Å². The van der Waals surface area contributed by atoms with Crippen molar-refractivity contribution in [3.05, 3.63) is 35.9 Å². The lowest BCUT2D eigenvalue weighted by Gasteiger charge is -2.45. The number of rotatable bonds is 8. The SMILES string of the molecule is CCC(CC)(N(Cc1ccccc1)C(C)C(=O)O)P(=O)(O)O. The van der Waals surface area contributed by atoms with Crippen molar-refractivity contribution in [1.29, 1.82) is 0 Å². The minimum atomic E-state index is -4.53. The second kappa shape index (κ2) is 7.38. The van der Waals surface area contributed by atoms with Crippen LogP contribution in [0.15, 0.2) is 30.3 Å². The third-order valence-electron chi connectivity index (χ3n) is 4.23. The Kier molecular flexibility index (Phi) is 6.32. The summed E-state index contributed by atoms with van der Waals surface area (Å²) in [6.07, 6.45) is 0.330. The molecule has 0 bridgehead atoms. The highest BCUT2D eigenvalue weighted by molar-refractivity contribution is 7.53. The Bertz CT molecular complexity index is 538. The summed E-state index contributed by atoms with van der Waals surface area (Å²) >= 11 is 0. The second-order valence-electron chi connectivity index (χ2n) is 5.36. The molecule has 0 amide bonds. The predicted octanol–water partition coefficient (Wildman–Crippen LogP) is 2.66. The third kappa shape index (κ3) is 3.76. The summed E-state index contributed by atoms with van der Waals surface area (Å²) in [5.74, 6) is -1.10. The van der Waals surface area contributed by atoms with Crippen LogP contribution in [0.2, 0.25) is 0 Å². The summed E-state index contributed by atoms with van der Waals surface area (Å²) in [6.45, 7) is 4.98. The lowest BCUT2D eigenvalue weighted by atomic mass is 10.0. The number of hydrogen-bond acceptors (Lipinski definition) is 3. The van der Waals surface area contributed by atoms with Gasteiger partial charge in [0.25, 0.3) is 0 Å². The van der Waals surface area contributed by atoms with Crippen LogP contribution in [0, 0.1) is 0 Å². The number of nitrogens with zero attached hydrogens (tertiary/aromatic N) is 1. The Morgan fingerprint density at radius 3 is 2.09 bits per heavy atom. The number of carboxylic acids is 1. The number of carboxylic acid groups (broad SMARTS) is 1. The van der Waals surface area contributed by atoms with Gasteiger partial charge < -0.3 is 14.9 Å². The van der Waals surface area contributed by atoms with Crippen molar-refractivity contribution >= 4 is 13.6 Å². The molecule has 0 spiro atoms. The molecule has 0 radical (unpaired) electrons. The molecule has 7 heteroatoms. The largest absolute Gasteiger partial charge is 0.480 e. The van der Waals surface area contributed by atoms with Gasteiger partial charge in [-0.3, -0.25) is 14.3 Å². The molecule has 0 saturated heterocycles. The fourth-order valence-electron chi connectivity index (χ4n) is 2.79. The Morgan fingerprint density at radius 2 is 1.73 bits per heavy atom. The first-order valence-corrected chi connectivity index (χ1v) is 8.90. The maximum atomic E-state index is 12.1. The molecule has 22 heavy (non-hydrogen) atoms. The van der Waals surface area contributed by atoms with Gasteiger partial charge in [-0.15, -0.1) is 0 Å². The van der Waals surface area contributed by atoms with Crippen LogP contribution < -0.4 is 0 Å². The minimum Gasteiger partial charge on any atom is -0.480 e. The first kappa shape index (κ1) is 18.8. The highest BCUT2D eigenvalue weighted by Crippen LogP contribution is 2.57. The van der Waals surface area contributed by atoms with Gasteiger partial charge in [0.1, 0.15) is 11.3 Å². The Morgan fingerprint density at radius 1 is 1.23 bits per heavy atom. The van der Waals surface area contributed by atoms with Gasteiger partial charge in [-0.1, -0.05) is 44.2 Å². The molecule has 1 atom stereocenters. The standard InChI is InChI=1S/C15H24NO5P/c1-4-15(5-2,22(19,20)21)16(12(3)14(17)18)11-13-9-7-6-8-10-13/h6-10,12H,4-5,11H2,1-3H3,(H,17,18)(H2,19,20,21). The summed E-state index contributed by atoms with van der Waals surface area (Å²) < 4.78 is 12.1. The fraction of sp³-hybridized carbons (Fsp3) is 0.533. The van der Waals surface area contributed by atoms with Crippen molar-refractivity contribution in [3.8, 4) is 0 Å². The van der Waals surface area contributed by atoms with E-state index in [4.69, 9.17) is 0 Å². The van der Waals surface area contributed by atoms with Gasteiger partial charge in [0, 0.05) is 6.54 Å². The summed E-state index contributed by atoms with van der Waals surface area (Å²) in [5.41, 5.74) is 0.815. The average Bonchev–Trinajstić information content (AvgIpc) is 2.46. The third-order valence-corrected chi connectivity index (χ3v) is 6.20. The van der Waals surface area contributed by atoms with E-state index in [0.717, 1.165) is 5.56 Å². The fourth-order valence-corrected chi connectivity index (χ4v) is 4.20. The maximum Gasteiger partial charge on any atom is 0.345 e. The topological polar surface area (TPSA) is 98.1 Å². The molecule has 3 N–H and O–H groups in total. The zero-order valence-corrected chi connectivity index (χ0v) is 14.0. The zero-order chi connectivity index (χ0) is 17.0. The van der Waals surface area contributed by atoms with Crippen molar-refractivity contribution in [1.82, 2.24) is 4.90 Å². The van der Waals surface area contributed by atoms with Crippen molar-refractivity contribution in [2.75, 3.05) is 0 Å². The molecule has 1 rings (SSSR count). The van der Waals surface area contributed by atoms with Gasteiger partial charge in [0.05, 0.1) is 0 Å². The Hall–Kier alpha value is -1.20. The van der Waals surface area contributed by atoms with Crippen molar-refractivity contribution in [2.24, 2.45) is 0 Å². The van der Waals surface area contributed by atoms with Gasteiger partial charge in [-0.05, 0) is 25.3 Å². The van der Waals surface area contributed by atoms with E-state index >= 15 is 0 Å². The zero-order valence-electron chi connectivity index (χ0n) is 13.1. The van der Waals surface area contributed by atoms with Crippen molar-refractivity contribution < 1.29 is 24.3 Å². The van der Waals surface area contributed by atoms with Crippen molar-refractivity contribution in [2.45, 2.75) is 51.5 Å². The summed E-state index contributed by atoms with van der Waals surface area (Å²) in [5, 5.41) is 7.87. The lowest BCUT2D eigenvalue weighted by Crippen LogP contribution is -2.53. The highest BCUT2D eigenvalue weighted by atomic mass is 31.2. The molecular formula is C15H24NO5P. The summed E-state index contributed by atoms with van der Waals surface area (Å²) in [4.78, 5) is 32.6. The van der Waals surface area contributed by atoms with E-state index in [9.17, 15) is 24.3 Å². The van der Waals surface area contributed by atoms with E-state index in [1.165, 1.54) is 11.8 Å². The van der Waals surface area contributed by atoms with Crippen LogP contribution in [0.4, 0.5) is 0 Å². The van der Waals surface area contributed by atoms with Gasteiger partial charge >= 0.3 is 13.6 Å². The van der Waals surface area contributed by atoms with Crippen LogP contribution in [0.3, 0.4) is 0 Å². The molecule has 0 fully saturated rings. The number of benzene rings is 1. The van der Waals surface area contributed by atoms with Crippen LogP contribution in [0.5, 0.6) is 0 Å². The van der Waals surface area contributed by atoms with Crippen LogP contribution in [0.25, 0.3) is 0 Å². The van der Waals surface area contributed by atoms with Gasteiger partial charge in [0.15, 0.2) is 0 Å². The van der Waals surface area contributed by atoms with E-state index in [1.54, 1.807) is 13.8 Å². The quantitative estimate of drug-likeness (QED) is 0.634. The molecule has 1 unspecified atom stereocenters. The molecule has 0 saturated carbocycles. The molecule has 1 aromatic carbocycles. The van der Waals surface area contributed by atoms with E-state index < -0.39 is 24.9 Å². The van der Waals surface area contributed by atoms with E-state index in [2.05, 4.69) is 0 Å². The van der Waals surface area contributed by atoms with Crippen LogP contribution in [-0.4, -0.2) is 37.1 Å². The molecule has 0 aliphatic carbocycles. The Labute approximate surface area is 130 Å². The van der Waals surface area contributed by atoms with Gasteiger partial charge in [0.2, 0.25) is 0 Å². The number of hydrogen-bond donors (Lipinski definition) is 3. The average molecular weight is 329 g/mol.